The summed E-state index contributed by atoms with van der Waals surface area (Å²) in [7, 11) is 0. The molecule has 0 amide bonds. The largest absolute Gasteiger partial charge is 0.487 e. The summed E-state index contributed by atoms with van der Waals surface area (Å²) in [6.07, 6.45) is 2.75. The maximum Gasteiger partial charge on any atom is 0.337 e. The molecule has 0 saturated carbocycles. The van der Waals surface area contributed by atoms with Gasteiger partial charge in [-0.3, -0.25) is 4.98 Å². The molecule has 1 aromatic heterocycles. The Hall–Kier alpha value is -2.07. The molecule has 2 aromatic rings. The lowest BCUT2D eigenvalue weighted by Gasteiger charge is -2.06. The molecule has 0 spiro atoms. The molecule has 1 heterocycles. The fourth-order valence-corrected chi connectivity index (χ4v) is 1.49. The van der Waals surface area contributed by atoms with E-state index in [2.05, 4.69) is 4.98 Å². The predicted molar refractivity (Wildman–Crippen MR) is 67.0 cm³/mol. The van der Waals surface area contributed by atoms with Gasteiger partial charge in [0, 0.05) is 11.2 Å². The van der Waals surface area contributed by atoms with Crippen molar-refractivity contribution in [3.05, 3.63) is 58.9 Å². The van der Waals surface area contributed by atoms with Crippen molar-refractivity contribution < 1.29 is 14.6 Å². The van der Waals surface area contributed by atoms with E-state index in [1.165, 1.54) is 18.5 Å². The second-order valence-corrected chi connectivity index (χ2v) is 4.07. The van der Waals surface area contributed by atoms with Crippen molar-refractivity contribution in [2.75, 3.05) is 0 Å². The molecular formula is C13H10ClNO3. The molecule has 1 aromatic carbocycles. The molecule has 4 nitrogen and oxygen atoms in total. The standard InChI is InChI=1S/C13H10ClNO3/c14-11-3-1-9(2-4-11)8-18-12-5-10(13(16)17)6-15-7-12/h1-7H,8H2,(H,16,17). The van der Waals surface area contributed by atoms with E-state index in [1.807, 2.05) is 12.1 Å². The molecule has 0 unspecified atom stereocenters. The molecule has 0 aliphatic rings. The highest BCUT2D eigenvalue weighted by Gasteiger charge is 2.04. The van der Waals surface area contributed by atoms with Crippen molar-refractivity contribution in [3.8, 4) is 5.75 Å². The summed E-state index contributed by atoms with van der Waals surface area (Å²) in [5.41, 5.74) is 1.05. The van der Waals surface area contributed by atoms with Crippen LogP contribution in [0.5, 0.6) is 5.75 Å². The van der Waals surface area contributed by atoms with Crippen LogP contribution in [-0.4, -0.2) is 16.1 Å². The number of hydrogen-bond acceptors (Lipinski definition) is 3. The Kier molecular flexibility index (Phi) is 3.79. The third kappa shape index (κ3) is 3.21. The molecule has 18 heavy (non-hydrogen) atoms. The third-order valence-electron chi connectivity index (χ3n) is 2.28. The van der Waals surface area contributed by atoms with Gasteiger partial charge in [0.25, 0.3) is 0 Å². The number of aromatic nitrogens is 1. The summed E-state index contributed by atoms with van der Waals surface area (Å²) in [5, 5.41) is 9.48. The molecule has 1 N–H and O–H groups in total. The van der Waals surface area contributed by atoms with Crippen molar-refractivity contribution in [2.45, 2.75) is 6.61 Å². The molecule has 0 saturated heterocycles. The van der Waals surface area contributed by atoms with Gasteiger partial charge < -0.3 is 9.84 Å². The number of ether oxygens (including phenoxy) is 1. The van der Waals surface area contributed by atoms with Gasteiger partial charge in [-0.05, 0) is 23.8 Å². The van der Waals surface area contributed by atoms with Gasteiger partial charge in [0.2, 0.25) is 0 Å². The van der Waals surface area contributed by atoms with Gasteiger partial charge >= 0.3 is 5.97 Å². The minimum atomic E-state index is -1.03. The Morgan fingerprint density at radius 1 is 1.28 bits per heavy atom. The van der Waals surface area contributed by atoms with Gasteiger partial charge in [-0.15, -0.1) is 0 Å². The number of nitrogens with zero attached hydrogens (tertiary/aromatic N) is 1. The Morgan fingerprint density at radius 3 is 2.67 bits per heavy atom. The van der Waals surface area contributed by atoms with Crippen molar-refractivity contribution in [1.29, 1.82) is 0 Å². The highest BCUT2D eigenvalue weighted by Crippen LogP contribution is 2.15. The number of rotatable bonds is 4. The first-order valence-electron chi connectivity index (χ1n) is 5.21. The fraction of sp³-hybridized carbons (Fsp3) is 0.0769. The molecule has 92 valence electrons. The normalized spacial score (nSPS) is 10.1. The van der Waals surface area contributed by atoms with Crippen molar-refractivity contribution >= 4 is 17.6 Å². The number of halogens is 1. The quantitative estimate of drug-likeness (QED) is 0.921. The van der Waals surface area contributed by atoms with E-state index in [4.69, 9.17) is 21.4 Å². The molecule has 0 radical (unpaired) electrons. The first-order chi connectivity index (χ1) is 8.65. The summed E-state index contributed by atoms with van der Waals surface area (Å²) >= 11 is 5.77. The molecule has 0 fully saturated rings. The summed E-state index contributed by atoms with van der Waals surface area (Å²) in [6.45, 7) is 0.335. The summed E-state index contributed by atoms with van der Waals surface area (Å²) in [5.74, 6) is -0.607. The van der Waals surface area contributed by atoms with E-state index >= 15 is 0 Å². The average Bonchev–Trinajstić information content (AvgIpc) is 2.38. The fourth-order valence-electron chi connectivity index (χ4n) is 1.36. The highest BCUT2D eigenvalue weighted by atomic mass is 35.5. The zero-order valence-corrected chi connectivity index (χ0v) is 10.1. The Labute approximate surface area is 109 Å². The van der Waals surface area contributed by atoms with Crippen LogP contribution in [0.3, 0.4) is 0 Å². The lowest BCUT2D eigenvalue weighted by molar-refractivity contribution is 0.0696. The maximum absolute atomic E-state index is 10.8. The lowest BCUT2D eigenvalue weighted by Crippen LogP contribution is -2.00. The van der Waals surface area contributed by atoms with E-state index in [1.54, 1.807) is 12.1 Å². The van der Waals surface area contributed by atoms with Crippen LogP contribution in [0.4, 0.5) is 0 Å². The van der Waals surface area contributed by atoms with Crippen LogP contribution in [0.2, 0.25) is 5.02 Å². The van der Waals surface area contributed by atoms with Crippen molar-refractivity contribution in [2.24, 2.45) is 0 Å². The molecular weight excluding hydrogens is 254 g/mol. The van der Waals surface area contributed by atoms with Crippen LogP contribution in [0.25, 0.3) is 0 Å². The van der Waals surface area contributed by atoms with Crippen LogP contribution in [0.1, 0.15) is 15.9 Å². The zero-order chi connectivity index (χ0) is 13.0. The Balaban J connectivity index is 2.04. The first-order valence-corrected chi connectivity index (χ1v) is 5.58. The molecule has 5 heteroatoms. The van der Waals surface area contributed by atoms with E-state index in [9.17, 15) is 4.79 Å². The number of carboxylic acids is 1. The molecule has 0 atom stereocenters. The number of carbonyl (C=O) groups is 1. The van der Waals surface area contributed by atoms with E-state index < -0.39 is 5.97 Å². The van der Waals surface area contributed by atoms with Crippen LogP contribution >= 0.6 is 11.6 Å². The van der Waals surface area contributed by atoms with Crippen LogP contribution < -0.4 is 4.74 Å². The van der Waals surface area contributed by atoms with Crippen LogP contribution in [-0.2, 0) is 6.61 Å². The van der Waals surface area contributed by atoms with Gasteiger partial charge in [0.1, 0.15) is 12.4 Å². The van der Waals surface area contributed by atoms with E-state index in [-0.39, 0.29) is 5.56 Å². The average molecular weight is 264 g/mol. The van der Waals surface area contributed by atoms with Crippen molar-refractivity contribution in [1.82, 2.24) is 4.98 Å². The second-order valence-electron chi connectivity index (χ2n) is 3.63. The van der Waals surface area contributed by atoms with Gasteiger partial charge in [-0.2, -0.15) is 0 Å². The predicted octanol–water partition coefficient (Wildman–Crippen LogP) is 3.01. The monoisotopic (exact) mass is 263 g/mol. The minimum absolute atomic E-state index is 0.101. The maximum atomic E-state index is 10.8. The number of carboxylic acid groups (broad SMARTS) is 1. The van der Waals surface area contributed by atoms with Crippen molar-refractivity contribution in [3.63, 3.8) is 0 Å². The van der Waals surface area contributed by atoms with Gasteiger partial charge in [-0.25, -0.2) is 4.79 Å². The molecule has 0 aliphatic heterocycles. The topological polar surface area (TPSA) is 59.4 Å². The summed E-state index contributed by atoms with van der Waals surface area (Å²) < 4.78 is 5.45. The summed E-state index contributed by atoms with van der Waals surface area (Å²) in [4.78, 5) is 14.6. The number of benzene rings is 1. The van der Waals surface area contributed by atoms with Gasteiger partial charge in [0.05, 0.1) is 11.8 Å². The molecule has 2 rings (SSSR count). The van der Waals surface area contributed by atoms with Gasteiger partial charge in [-0.1, -0.05) is 23.7 Å². The second kappa shape index (κ2) is 5.51. The smallest absolute Gasteiger partial charge is 0.337 e. The van der Waals surface area contributed by atoms with Crippen LogP contribution in [0.15, 0.2) is 42.7 Å². The van der Waals surface area contributed by atoms with Crippen LogP contribution in [0, 0.1) is 0 Å². The lowest BCUT2D eigenvalue weighted by atomic mass is 10.2. The number of pyridine rings is 1. The Morgan fingerprint density at radius 2 is 2.00 bits per heavy atom. The summed E-state index contributed by atoms with van der Waals surface area (Å²) in [6, 6.07) is 8.66. The highest BCUT2D eigenvalue weighted by molar-refractivity contribution is 6.30. The van der Waals surface area contributed by atoms with E-state index in [0.717, 1.165) is 5.56 Å². The zero-order valence-electron chi connectivity index (χ0n) is 9.34. The number of hydrogen-bond donors (Lipinski definition) is 1. The molecule has 0 bridgehead atoms. The number of aromatic carboxylic acids is 1. The van der Waals surface area contributed by atoms with E-state index in [0.29, 0.717) is 17.4 Å². The SMILES string of the molecule is O=C(O)c1cncc(OCc2ccc(Cl)cc2)c1. The Bertz CT molecular complexity index is 554. The third-order valence-corrected chi connectivity index (χ3v) is 2.53. The van der Waals surface area contributed by atoms with Gasteiger partial charge in [0.15, 0.2) is 0 Å². The molecule has 0 aliphatic carbocycles. The minimum Gasteiger partial charge on any atom is -0.487 e. The first kappa shape index (κ1) is 12.4.